The summed E-state index contributed by atoms with van der Waals surface area (Å²) in [6.45, 7) is 0.881. The van der Waals surface area contributed by atoms with Gasteiger partial charge in [-0.2, -0.15) is 0 Å². The molecule has 0 spiro atoms. The molecule has 0 aliphatic carbocycles. The Balaban J connectivity index is 2.20. The van der Waals surface area contributed by atoms with Gasteiger partial charge in [0.2, 0.25) is 0 Å². The second kappa shape index (κ2) is 3.84. The maximum atomic E-state index is 9.77. The SMILES string of the molecule is Nc1cncc(N2CCCCC2O)c1. The maximum absolute atomic E-state index is 9.77. The Morgan fingerprint density at radius 3 is 3.00 bits per heavy atom. The van der Waals surface area contributed by atoms with Crippen LogP contribution in [0.4, 0.5) is 11.4 Å². The molecule has 1 unspecified atom stereocenters. The molecule has 0 amide bonds. The molecule has 1 saturated heterocycles. The molecule has 0 bridgehead atoms. The summed E-state index contributed by atoms with van der Waals surface area (Å²) < 4.78 is 0. The molecule has 4 nitrogen and oxygen atoms in total. The zero-order chi connectivity index (χ0) is 9.97. The standard InChI is InChI=1S/C10H15N3O/c11-8-5-9(7-12-6-8)13-4-2-1-3-10(13)14/h5-7,10,14H,1-4,11H2. The van der Waals surface area contributed by atoms with Crippen molar-refractivity contribution in [1.29, 1.82) is 0 Å². The molecule has 0 aromatic carbocycles. The normalized spacial score (nSPS) is 22.4. The number of anilines is 2. The number of aliphatic hydroxyl groups is 1. The van der Waals surface area contributed by atoms with E-state index in [-0.39, 0.29) is 6.23 Å². The third-order valence-corrected chi connectivity index (χ3v) is 2.55. The van der Waals surface area contributed by atoms with Crippen molar-refractivity contribution < 1.29 is 5.11 Å². The summed E-state index contributed by atoms with van der Waals surface area (Å²) in [5, 5.41) is 9.77. The molecule has 0 saturated carbocycles. The van der Waals surface area contributed by atoms with Crippen molar-refractivity contribution in [1.82, 2.24) is 4.98 Å². The van der Waals surface area contributed by atoms with E-state index in [0.717, 1.165) is 31.5 Å². The number of rotatable bonds is 1. The van der Waals surface area contributed by atoms with Crippen LogP contribution in [0, 0.1) is 0 Å². The van der Waals surface area contributed by atoms with Gasteiger partial charge >= 0.3 is 0 Å². The Hall–Kier alpha value is -1.29. The summed E-state index contributed by atoms with van der Waals surface area (Å²) in [5.74, 6) is 0. The van der Waals surface area contributed by atoms with Gasteiger partial charge in [-0.25, -0.2) is 0 Å². The lowest BCUT2D eigenvalue weighted by Gasteiger charge is -2.33. The molecule has 1 aromatic rings. The van der Waals surface area contributed by atoms with E-state index in [1.807, 2.05) is 11.0 Å². The Morgan fingerprint density at radius 1 is 1.43 bits per heavy atom. The van der Waals surface area contributed by atoms with Crippen molar-refractivity contribution in [2.75, 3.05) is 17.2 Å². The number of aliphatic hydroxyl groups excluding tert-OH is 1. The average molecular weight is 193 g/mol. The molecule has 1 atom stereocenters. The van der Waals surface area contributed by atoms with E-state index in [1.165, 1.54) is 0 Å². The lowest BCUT2D eigenvalue weighted by Crippen LogP contribution is -2.39. The fourth-order valence-corrected chi connectivity index (χ4v) is 1.82. The van der Waals surface area contributed by atoms with Gasteiger partial charge in [-0.15, -0.1) is 0 Å². The largest absolute Gasteiger partial charge is 0.397 e. The van der Waals surface area contributed by atoms with Gasteiger partial charge in [0.25, 0.3) is 0 Å². The van der Waals surface area contributed by atoms with Gasteiger partial charge in [0.15, 0.2) is 0 Å². The van der Waals surface area contributed by atoms with E-state index >= 15 is 0 Å². The molecule has 1 aliphatic rings. The average Bonchev–Trinajstić information content (AvgIpc) is 2.18. The molecular weight excluding hydrogens is 178 g/mol. The van der Waals surface area contributed by atoms with Crippen molar-refractivity contribution in [3.63, 3.8) is 0 Å². The number of hydrogen-bond donors (Lipinski definition) is 2. The highest BCUT2D eigenvalue weighted by Crippen LogP contribution is 2.23. The summed E-state index contributed by atoms with van der Waals surface area (Å²) >= 11 is 0. The van der Waals surface area contributed by atoms with Gasteiger partial charge in [-0.05, 0) is 25.3 Å². The summed E-state index contributed by atoms with van der Waals surface area (Å²) in [7, 11) is 0. The predicted octanol–water partition coefficient (Wildman–Crippen LogP) is 0.972. The second-order valence-electron chi connectivity index (χ2n) is 3.65. The first kappa shape index (κ1) is 9.27. The summed E-state index contributed by atoms with van der Waals surface area (Å²) in [4.78, 5) is 5.97. The van der Waals surface area contributed by atoms with E-state index < -0.39 is 0 Å². The Morgan fingerprint density at radius 2 is 2.29 bits per heavy atom. The molecule has 1 fully saturated rings. The number of nitrogen functional groups attached to an aromatic ring is 1. The van der Waals surface area contributed by atoms with E-state index in [1.54, 1.807) is 12.4 Å². The Labute approximate surface area is 83.4 Å². The van der Waals surface area contributed by atoms with Crippen LogP contribution in [0.15, 0.2) is 18.5 Å². The Bertz CT molecular complexity index is 316. The van der Waals surface area contributed by atoms with Gasteiger partial charge in [0.05, 0.1) is 17.6 Å². The summed E-state index contributed by atoms with van der Waals surface area (Å²) in [6, 6.07) is 1.85. The number of nitrogens with two attached hydrogens (primary N) is 1. The highest BCUT2D eigenvalue weighted by atomic mass is 16.3. The molecule has 14 heavy (non-hydrogen) atoms. The minimum Gasteiger partial charge on any atom is -0.397 e. The zero-order valence-corrected chi connectivity index (χ0v) is 8.06. The molecule has 1 aromatic heterocycles. The maximum Gasteiger partial charge on any atom is 0.126 e. The lowest BCUT2D eigenvalue weighted by atomic mass is 10.1. The fourth-order valence-electron chi connectivity index (χ4n) is 1.82. The van der Waals surface area contributed by atoms with Crippen molar-refractivity contribution in [2.45, 2.75) is 25.5 Å². The number of piperidine rings is 1. The van der Waals surface area contributed by atoms with Crippen LogP contribution in [-0.2, 0) is 0 Å². The molecule has 3 N–H and O–H groups in total. The van der Waals surface area contributed by atoms with E-state index in [9.17, 15) is 5.11 Å². The van der Waals surface area contributed by atoms with Gasteiger partial charge in [-0.3, -0.25) is 4.98 Å². The first-order chi connectivity index (χ1) is 6.77. The van der Waals surface area contributed by atoms with Crippen LogP contribution in [0.5, 0.6) is 0 Å². The number of aromatic nitrogens is 1. The molecule has 0 radical (unpaired) electrons. The number of nitrogens with zero attached hydrogens (tertiary/aromatic N) is 2. The van der Waals surface area contributed by atoms with Gasteiger partial charge in [-0.1, -0.05) is 0 Å². The predicted molar refractivity (Wildman–Crippen MR) is 55.9 cm³/mol. The number of pyridine rings is 1. The van der Waals surface area contributed by atoms with Crippen LogP contribution < -0.4 is 10.6 Å². The third-order valence-electron chi connectivity index (χ3n) is 2.55. The molecule has 1 aliphatic heterocycles. The van der Waals surface area contributed by atoms with Crippen molar-refractivity contribution in [2.24, 2.45) is 0 Å². The zero-order valence-electron chi connectivity index (χ0n) is 8.06. The molecule has 2 heterocycles. The molecular formula is C10H15N3O. The second-order valence-corrected chi connectivity index (χ2v) is 3.65. The highest BCUT2D eigenvalue weighted by Gasteiger charge is 2.20. The van der Waals surface area contributed by atoms with Gasteiger partial charge in [0, 0.05) is 12.7 Å². The van der Waals surface area contributed by atoms with Crippen molar-refractivity contribution in [3.05, 3.63) is 18.5 Å². The first-order valence-electron chi connectivity index (χ1n) is 4.92. The van der Waals surface area contributed by atoms with Crippen LogP contribution in [0.3, 0.4) is 0 Å². The topological polar surface area (TPSA) is 62.4 Å². The van der Waals surface area contributed by atoms with E-state index in [2.05, 4.69) is 4.98 Å². The monoisotopic (exact) mass is 193 g/mol. The van der Waals surface area contributed by atoms with Crippen molar-refractivity contribution >= 4 is 11.4 Å². The van der Waals surface area contributed by atoms with Crippen LogP contribution >= 0.6 is 0 Å². The smallest absolute Gasteiger partial charge is 0.126 e. The third kappa shape index (κ3) is 1.80. The molecule has 76 valence electrons. The lowest BCUT2D eigenvalue weighted by molar-refractivity contribution is 0.140. The minimum absolute atomic E-state index is 0.382. The van der Waals surface area contributed by atoms with Crippen molar-refractivity contribution in [3.8, 4) is 0 Å². The fraction of sp³-hybridized carbons (Fsp3) is 0.500. The quantitative estimate of drug-likeness (QED) is 0.697. The molecule has 4 heteroatoms. The van der Waals surface area contributed by atoms with Crippen LogP contribution in [-0.4, -0.2) is 22.9 Å². The van der Waals surface area contributed by atoms with E-state index in [0.29, 0.717) is 5.69 Å². The van der Waals surface area contributed by atoms with Crippen LogP contribution in [0.1, 0.15) is 19.3 Å². The van der Waals surface area contributed by atoms with Crippen LogP contribution in [0.25, 0.3) is 0 Å². The minimum atomic E-state index is -0.382. The summed E-state index contributed by atoms with van der Waals surface area (Å²) in [6.07, 6.45) is 6.01. The highest BCUT2D eigenvalue weighted by molar-refractivity contribution is 5.53. The van der Waals surface area contributed by atoms with Crippen LogP contribution in [0.2, 0.25) is 0 Å². The first-order valence-corrected chi connectivity index (χ1v) is 4.92. The van der Waals surface area contributed by atoms with Gasteiger partial charge in [0.1, 0.15) is 6.23 Å². The van der Waals surface area contributed by atoms with E-state index in [4.69, 9.17) is 5.73 Å². The van der Waals surface area contributed by atoms with Gasteiger partial charge < -0.3 is 15.7 Å². The molecule has 2 rings (SSSR count). The summed E-state index contributed by atoms with van der Waals surface area (Å²) in [5.41, 5.74) is 7.19. The number of hydrogen-bond acceptors (Lipinski definition) is 4. The Kier molecular flexibility index (Phi) is 2.54.